The first-order valence-electron chi connectivity index (χ1n) is 5.97. The second-order valence-corrected chi connectivity index (χ2v) is 4.95. The van der Waals surface area contributed by atoms with Crippen LogP contribution in [0.2, 0.25) is 5.02 Å². The van der Waals surface area contributed by atoms with Gasteiger partial charge in [0.25, 0.3) is 0 Å². The fourth-order valence-electron chi connectivity index (χ4n) is 1.97. The molecule has 17 heavy (non-hydrogen) atoms. The number of nitrogens with two attached hydrogens (primary N) is 1. The average Bonchev–Trinajstić information content (AvgIpc) is 3.13. The van der Waals surface area contributed by atoms with E-state index in [1.807, 2.05) is 18.2 Å². The summed E-state index contributed by atoms with van der Waals surface area (Å²) in [5, 5.41) is 0.794. The minimum atomic E-state index is 0.697. The van der Waals surface area contributed by atoms with Crippen LogP contribution in [0.1, 0.15) is 18.4 Å². The van der Waals surface area contributed by atoms with Crippen molar-refractivity contribution in [3.8, 4) is 0 Å². The first-order valence-corrected chi connectivity index (χ1v) is 6.35. The zero-order valence-electron chi connectivity index (χ0n) is 10.2. The van der Waals surface area contributed by atoms with Gasteiger partial charge in [-0.15, -0.1) is 0 Å². The van der Waals surface area contributed by atoms with E-state index in [0.29, 0.717) is 6.04 Å². The summed E-state index contributed by atoms with van der Waals surface area (Å²) in [4.78, 5) is 2.42. The van der Waals surface area contributed by atoms with Crippen LogP contribution in [0.25, 0.3) is 0 Å². The van der Waals surface area contributed by atoms with E-state index in [-0.39, 0.29) is 0 Å². The van der Waals surface area contributed by atoms with E-state index in [2.05, 4.69) is 4.90 Å². The van der Waals surface area contributed by atoms with Crippen molar-refractivity contribution in [3.05, 3.63) is 28.8 Å². The lowest BCUT2D eigenvalue weighted by atomic mass is 10.2. The largest absolute Gasteiger partial charge is 0.399 e. The van der Waals surface area contributed by atoms with E-state index < -0.39 is 0 Å². The fourth-order valence-corrected chi connectivity index (χ4v) is 2.15. The highest BCUT2D eigenvalue weighted by atomic mass is 35.5. The summed E-state index contributed by atoms with van der Waals surface area (Å²) in [6, 6.07) is 6.36. The van der Waals surface area contributed by atoms with Crippen molar-refractivity contribution in [1.82, 2.24) is 4.90 Å². The average molecular weight is 255 g/mol. The molecule has 94 valence electrons. The molecule has 0 unspecified atom stereocenters. The predicted molar refractivity (Wildman–Crippen MR) is 71.2 cm³/mol. The summed E-state index contributed by atoms with van der Waals surface area (Å²) >= 11 is 6.19. The normalized spacial score (nSPS) is 15.5. The van der Waals surface area contributed by atoms with Gasteiger partial charge in [-0.25, -0.2) is 0 Å². The number of nitrogen functional groups attached to an aromatic ring is 1. The van der Waals surface area contributed by atoms with Gasteiger partial charge in [0.05, 0.1) is 6.61 Å². The van der Waals surface area contributed by atoms with Gasteiger partial charge < -0.3 is 10.5 Å². The van der Waals surface area contributed by atoms with Crippen molar-refractivity contribution in [2.45, 2.75) is 25.4 Å². The van der Waals surface area contributed by atoms with Gasteiger partial charge >= 0.3 is 0 Å². The molecule has 2 N–H and O–H groups in total. The third-order valence-corrected chi connectivity index (χ3v) is 3.46. The number of halogens is 1. The van der Waals surface area contributed by atoms with Gasteiger partial charge in [0, 0.05) is 37.0 Å². The van der Waals surface area contributed by atoms with Gasteiger partial charge in [-0.2, -0.15) is 0 Å². The first-order chi connectivity index (χ1) is 8.20. The van der Waals surface area contributed by atoms with Crippen LogP contribution in [0.5, 0.6) is 0 Å². The summed E-state index contributed by atoms with van der Waals surface area (Å²) in [6.45, 7) is 2.57. The van der Waals surface area contributed by atoms with Crippen LogP contribution in [0.4, 0.5) is 5.69 Å². The maximum atomic E-state index is 6.19. The molecule has 3 nitrogen and oxygen atoms in total. The minimum absolute atomic E-state index is 0.697. The zero-order valence-corrected chi connectivity index (χ0v) is 10.9. The third-order valence-electron chi connectivity index (χ3n) is 3.09. The Labute approximate surface area is 107 Å². The summed E-state index contributed by atoms with van der Waals surface area (Å²) in [6.07, 6.45) is 2.56. The molecule has 0 radical (unpaired) electrons. The summed E-state index contributed by atoms with van der Waals surface area (Å²) < 4.78 is 5.14. The van der Waals surface area contributed by atoms with Crippen molar-refractivity contribution < 1.29 is 4.74 Å². The molecule has 0 atom stereocenters. The molecule has 1 aliphatic carbocycles. The molecule has 0 bridgehead atoms. The number of hydrogen-bond donors (Lipinski definition) is 1. The highest BCUT2D eigenvalue weighted by molar-refractivity contribution is 6.31. The van der Waals surface area contributed by atoms with E-state index in [1.165, 1.54) is 12.8 Å². The van der Waals surface area contributed by atoms with Crippen LogP contribution < -0.4 is 5.73 Å². The van der Waals surface area contributed by atoms with Crippen LogP contribution in [0.3, 0.4) is 0 Å². The van der Waals surface area contributed by atoms with E-state index in [1.54, 1.807) is 7.11 Å². The smallest absolute Gasteiger partial charge is 0.0589 e. The maximum absolute atomic E-state index is 6.19. The Morgan fingerprint density at radius 3 is 2.88 bits per heavy atom. The van der Waals surface area contributed by atoms with Crippen LogP contribution in [-0.2, 0) is 11.3 Å². The van der Waals surface area contributed by atoms with Crippen LogP contribution in [0.15, 0.2) is 18.2 Å². The number of rotatable bonds is 6. The first kappa shape index (κ1) is 12.7. The third kappa shape index (κ3) is 3.60. The fraction of sp³-hybridized carbons (Fsp3) is 0.538. The standard InChI is InChI=1S/C13H19ClN2O/c1-17-7-6-16(12-3-4-12)9-10-8-11(15)2-5-13(10)14/h2,5,8,12H,3-4,6-7,9,15H2,1H3. The van der Waals surface area contributed by atoms with Crippen molar-refractivity contribution in [2.24, 2.45) is 0 Å². The van der Waals surface area contributed by atoms with Crippen LogP contribution in [-0.4, -0.2) is 31.2 Å². The number of hydrogen-bond acceptors (Lipinski definition) is 3. The quantitative estimate of drug-likeness (QED) is 0.793. The highest BCUT2D eigenvalue weighted by Gasteiger charge is 2.28. The van der Waals surface area contributed by atoms with Gasteiger partial charge in [-0.3, -0.25) is 4.90 Å². The van der Waals surface area contributed by atoms with Gasteiger partial charge in [0.15, 0.2) is 0 Å². The van der Waals surface area contributed by atoms with Gasteiger partial charge in [-0.05, 0) is 36.6 Å². The van der Waals surface area contributed by atoms with E-state index >= 15 is 0 Å². The Morgan fingerprint density at radius 2 is 2.24 bits per heavy atom. The molecular formula is C13H19ClN2O. The topological polar surface area (TPSA) is 38.5 Å². The van der Waals surface area contributed by atoms with E-state index in [0.717, 1.165) is 36.0 Å². The molecule has 1 aliphatic rings. The molecule has 0 saturated heterocycles. The highest BCUT2D eigenvalue weighted by Crippen LogP contribution is 2.30. The Hall–Kier alpha value is -0.770. The van der Waals surface area contributed by atoms with E-state index in [4.69, 9.17) is 22.1 Å². The SMILES string of the molecule is COCCN(Cc1cc(N)ccc1Cl)C1CC1. The monoisotopic (exact) mass is 254 g/mol. The Kier molecular flexibility index (Phi) is 4.26. The Balaban J connectivity index is 2.03. The number of anilines is 1. The number of nitrogens with zero attached hydrogens (tertiary/aromatic N) is 1. The van der Waals surface area contributed by atoms with Gasteiger partial charge in [-0.1, -0.05) is 11.6 Å². The maximum Gasteiger partial charge on any atom is 0.0589 e. The number of benzene rings is 1. The molecule has 1 saturated carbocycles. The lowest BCUT2D eigenvalue weighted by Crippen LogP contribution is -2.29. The molecule has 0 spiro atoms. The summed E-state index contributed by atoms with van der Waals surface area (Å²) in [5.41, 5.74) is 7.67. The lowest BCUT2D eigenvalue weighted by Gasteiger charge is -2.22. The van der Waals surface area contributed by atoms with Gasteiger partial charge in [0.2, 0.25) is 0 Å². The van der Waals surface area contributed by atoms with Crippen molar-refractivity contribution >= 4 is 17.3 Å². The second kappa shape index (κ2) is 5.71. The minimum Gasteiger partial charge on any atom is -0.399 e. The zero-order chi connectivity index (χ0) is 12.3. The molecule has 1 aromatic carbocycles. The molecule has 0 aromatic heterocycles. The van der Waals surface area contributed by atoms with Crippen molar-refractivity contribution in [2.75, 3.05) is 26.0 Å². The number of ether oxygens (including phenoxy) is 1. The Bertz CT molecular complexity index is 380. The molecule has 1 aromatic rings. The molecule has 0 heterocycles. The molecule has 0 amide bonds. The molecule has 0 aliphatic heterocycles. The lowest BCUT2D eigenvalue weighted by molar-refractivity contribution is 0.139. The van der Waals surface area contributed by atoms with Crippen LogP contribution in [0, 0.1) is 0 Å². The molecule has 4 heteroatoms. The molecular weight excluding hydrogens is 236 g/mol. The van der Waals surface area contributed by atoms with Crippen molar-refractivity contribution in [3.63, 3.8) is 0 Å². The predicted octanol–water partition coefficient (Wildman–Crippen LogP) is 2.53. The van der Waals surface area contributed by atoms with E-state index in [9.17, 15) is 0 Å². The van der Waals surface area contributed by atoms with Crippen molar-refractivity contribution in [1.29, 1.82) is 0 Å². The summed E-state index contributed by atoms with van der Waals surface area (Å²) in [7, 11) is 1.73. The van der Waals surface area contributed by atoms with Crippen LogP contribution >= 0.6 is 11.6 Å². The molecule has 1 fully saturated rings. The number of methoxy groups -OCH3 is 1. The summed E-state index contributed by atoms with van der Waals surface area (Å²) in [5.74, 6) is 0. The Morgan fingerprint density at radius 1 is 1.47 bits per heavy atom. The second-order valence-electron chi connectivity index (χ2n) is 4.55. The van der Waals surface area contributed by atoms with Gasteiger partial charge in [0.1, 0.15) is 0 Å². The molecule has 2 rings (SSSR count).